The second-order valence-corrected chi connectivity index (χ2v) is 7.71. The van der Waals surface area contributed by atoms with E-state index in [1.165, 1.54) is 0 Å². The molecular formula is C23H30N4O3. The van der Waals surface area contributed by atoms with Crippen molar-refractivity contribution < 1.29 is 14.3 Å². The molecule has 2 aliphatic heterocycles. The van der Waals surface area contributed by atoms with Crippen molar-refractivity contribution in [3.63, 3.8) is 0 Å². The summed E-state index contributed by atoms with van der Waals surface area (Å²) in [5, 5.41) is 3.28. The van der Waals surface area contributed by atoms with E-state index in [0.717, 1.165) is 63.6 Å². The van der Waals surface area contributed by atoms with Crippen molar-refractivity contribution in [2.75, 3.05) is 51.3 Å². The Kier molecular flexibility index (Phi) is 6.81. The minimum absolute atomic E-state index is 0.0216. The Morgan fingerprint density at radius 1 is 1.20 bits per heavy atom. The average Bonchev–Trinajstić information content (AvgIpc) is 3.29. The van der Waals surface area contributed by atoms with Gasteiger partial charge in [0.15, 0.2) is 0 Å². The van der Waals surface area contributed by atoms with Gasteiger partial charge in [-0.2, -0.15) is 0 Å². The number of rotatable bonds is 7. The van der Waals surface area contributed by atoms with Gasteiger partial charge in [-0.05, 0) is 56.2 Å². The van der Waals surface area contributed by atoms with Gasteiger partial charge in [0.2, 0.25) is 0 Å². The topological polar surface area (TPSA) is 66.9 Å². The Hall–Kier alpha value is -2.64. The predicted molar refractivity (Wildman–Crippen MR) is 116 cm³/mol. The molecule has 7 nitrogen and oxygen atoms in total. The lowest BCUT2D eigenvalue weighted by Crippen LogP contribution is -2.50. The zero-order chi connectivity index (χ0) is 20.8. The van der Waals surface area contributed by atoms with Crippen molar-refractivity contribution in [3.8, 4) is 5.75 Å². The molecule has 2 aliphatic rings. The van der Waals surface area contributed by atoms with Crippen molar-refractivity contribution in [1.29, 1.82) is 0 Å². The molecule has 0 aliphatic carbocycles. The second kappa shape index (κ2) is 9.91. The van der Waals surface area contributed by atoms with Gasteiger partial charge in [-0.25, -0.2) is 4.98 Å². The summed E-state index contributed by atoms with van der Waals surface area (Å²) in [6.07, 6.45) is 4.37. The van der Waals surface area contributed by atoms with E-state index < -0.39 is 0 Å². The summed E-state index contributed by atoms with van der Waals surface area (Å²) in [6, 6.07) is 11.3. The van der Waals surface area contributed by atoms with Gasteiger partial charge in [0, 0.05) is 51.2 Å². The smallest absolute Gasteiger partial charge is 0.257 e. The lowest BCUT2D eigenvalue weighted by atomic mass is 10.1. The molecular weight excluding hydrogens is 380 g/mol. The number of amides is 1. The Morgan fingerprint density at radius 2 is 2.00 bits per heavy atom. The molecule has 30 heavy (non-hydrogen) atoms. The van der Waals surface area contributed by atoms with Crippen LogP contribution in [0.4, 0.5) is 11.5 Å². The van der Waals surface area contributed by atoms with Gasteiger partial charge in [0.1, 0.15) is 11.6 Å². The summed E-state index contributed by atoms with van der Waals surface area (Å²) in [7, 11) is 0. The van der Waals surface area contributed by atoms with Crippen molar-refractivity contribution in [3.05, 3.63) is 48.2 Å². The van der Waals surface area contributed by atoms with E-state index in [-0.39, 0.29) is 5.91 Å². The fourth-order valence-corrected chi connectivity index (χ4v) is 4.00. The summed E-state index contributed by atoms with van der Waals surface area (Å²) < 4.78 is 11.2. The minimum atomic E-state index is 0.0216. The Balaban J connectivity index is 1.37. The van der Waals surface area contributed by atoms with E-state index in [9.17, 15) is 4.79 Å². The summed E-state index contributed by atoms with van der Waals surface area (Å²) in [5.41, 5.74) is 1.46. The average molecular weight is 411 g/mol. The second-order valence-electron chi connectivity index (χ2n) is 7.71. The molecule has 1 atom stereocenters. The maximum atomic E-state index is 13.2. The number of aromatic nitrogens is 1. The van der Waals surface area contributed by atoms with Crippen LogP contribution in [-0.4, -0.2) is 72.7 Å². The van der Waals surface area contributed by atoms with Crippen LogP contribution < -0.4 is 10.1 Å². The van der Waals surface area contributed by atoms with E-state index in [0.29, 0.717) is 24.1 Å². The number of carbonyl (C=O) groups excluding carboxylic acids is 1. The molecule has 1 N–H and O–H groups in total. The van der Waals surface area contributed by atoms with E-state index in [1.807, 2.05) is 48.2 Å². The highest BCUT2D eigenvalue weighted by atomic mass is 16.5. The number of hydrogen-bond acceptors (Lipinski definition) is 6. The first-order chi connectivity index (χ1) is 14.7. The molecule has 7 heteroatoms. The van der Waals surface area contributed by atoms with Crippen LogP contribution in [0, 0.1) is 0 Å². The molecule has 2 fully saturated rings. The number of hydrogen-bond donors (Lipinski definition) is 1. The third-order valence-corrected chi connectivity index (χ3v) is 5.61. The van der Waals surface area contributed by atoms with Crippen LogP contribution in [0.3, 0.4) is 0 Å². The lowest BCUT2D eigenvalue weighted by Gasteiger charge is -2.35. The zero-order valence-electron chi connectivity index (χ0n) is 17.5. The number of benzene rings is 1. The van der Waals surface area contributed by atoms with Crippen LogP contribution in [0.1, 0.15) is 30.1 Å². The Morgan fingerprint density at radius 3 is 2.70 bits per heavy atom. The third-order valence-electron chi connectivity index (χ3n) is 5.61. The van der Waals surface area contributed by atoms with Crippen LogP contribution >= 0.6 is 0 Å². The molecule has 2 aromatic rings. The van der Waals surface area contributed by atoms with Crippen molar-refractivity contribution in [1.82, 2.24) is 14.8 Å². The predicted octanol–water partition coefficient (Wildman–Crippen LogP) is 3.16. The molecule has 4 rings (SSSR count). The molecule has 0 bridgehead atoms. The van der Waals surface area contributed by atoms with E-state index in [1.54, 1.807) is 6.20 Å². The fourth-order valence-electron chi connectivity index (χ4n) is 4.00. The van der Waals surface area contributed by atoms with E-state index in [2.05, 4.69) is 15.2 Å². The summed E-state index contributed by atoms with van der Waals surface area (Å²) in [4.78, 5) is 21.9. The highest BCUT2D eigenvalue weighted by molar-refractivity contribution is 5.99. The number of carbonyl (C=O) groups is 1. The van der Waals surface area contributed by atoms with Gasteiger partial charge in [0.25, 0.3) is 5.91 Å². The largest absolute Gasteiger partial charge is 0.494 e. The number of anilines is 2. The maximum absolute atomic E-state index is 13.2. The number of piperazine rings is 1. The van der Waals surface area contributed by atoms with Gasteiger partial charge in [-0.1, -0.05) is 0 Å². The van der Waals surface area contributed by atoms with E-state index >= 15 is 0 Å². The normalized spacial score (nSPS) is 19.6. The maximum Gasteiger partial charge on any atom is 0.257 e. The van der Waals surface area contributed by atoms with Crippen LogP contribution in [0.15, 0.2) is 42.6 Å². The molecule has 0 radical (unpaired) electrons. The first-order valence-corrected chi connectivity index (χ1v) is 10.8. The van der Waals surface area contributed by atoms with Gasteiger partial charge in [-0.3, -0.25) is 9.69 Å². The van der Waals surface area contributed by atoms with Gasteiger partial charge >= 0.3 is 0 Å². The summed E-state index contributed by atoms with van der Waals surface area (Å²) in [5.74, 6) is 1.42. The van der Waals surface area contributed by atoms with Crippen molar-refractivity contribution >= 4 is 17.4 Å². The first kappa shape index (κ1) is 20.6. The third kappa shape index (κ3) is 5.09. The van der Waals surface area contributed by atoms with Gasteiger partial charge in [0.05, 0.1) is 18.3 Å². The molecule has 1 amide bonds. The summed E-state index contributed by atoms with van der Waals surface area (Å²) >= 11 is 0. The molecule has 1 aromatic heterocycles. The number of nitrogens with zero attached hydrogens (tertiary/aromatic N) is 3. The number of nitrogens with one attached hydrogen (secondary N) is 1. The minimum Gasteiger partial charge on any atom is -0.494 e. The van der Waals surface area contributed by atoms with E-state index in [4.69, 9.17) is 9.47 Å². The highest BCUT2D eigenvalue weighted by Gasteiger charge is 2.26. The lowest BCUT2D eigenvalue weighted by molar-refractivity contribution is 0.0433. The van der Waals surface area contributed by atoms with Crippen LogP contribution in [-0.2, 0) is 4.74 Å². The van der Waals surface area contributed by atoms with Crippen molar-refractivity contribution in [2.45, 2.75) is 25.9 Å². The Bertz CT molecular complexity index is 829. The van der Waals surface area contributed by atoms with Crippen LogP contribution in [0.5, 0.6) is 5.75 Å². The monoisotopic (exact) mass is 410 g/mol. The number of ether oxygens (including phenoxy) is 2. The highest BCUT2D eigenvalue weighted by Crippen LogP contribution is 2.23. The first-order valence-electron chi connectivity index (χ1n) is 10.8. The van der Waals surface area contributed by atoms with Gasteiger partial charge in [-0.15, -0.1) is 0 Å². The van der Waals surface area contributed by atoms with Crippen LogP contribution in [0.25, 0.3) is 0 Å². The van der Waals surface area contributed by atoms with Crippen molar-refractivity contribution in [2.24, 2.45) is 0 Å². The molecule has 0 unspecified atom stereocenters. The molecule has 1 aromatic carbocycles. The molecule has 0 spiro atoms. The van der Waals surface area contributed by atoms with Gasteiger partial charge < -0.3 is 19.7 Å². The zero-order valence-corrected chi connectivity index (χ0v) is 17.5. The molecule has 0 saturated carbocycles. The van der Waals surface area contributed by atoms with Crippen LogP contribution in [0.2, 0.25) is 0 Å². The molecule has 3 heterocycles. The standard InChI is InChI=1S/C23H30N4O3/c1-2-29-19-9-7-18(8-10-19)25-22-21(6-3-11-24-22)23(28)27-14-12-26(13-15-27)17-20-5-4-16-30-20/h3,6-11,20H,2,4-5,12-17H2,1H3,(H,24,25)/t20-/m0/s1. The Labute approximate surface area is 178 Å². The molecule has 160 valence electrons. The number of pyridine rings is 1. The quantitative estimate of drug-likeness (QED) is 0.756. The fraction of sp³-hybridized carbons (Fsp3) is 0.478. The summed E-state index contributed by atoms with van der Waals surface area (Å²) in [6.45, 7) is 7.66. The SMILES string of the molecule is CCOc1ccc(Nc2ncccc2C(=O)N2CCN(C[C@@H]3CCCO3)CC2)cc1. The molecule has 2 saturated heterocycles.